The van der Waals surface area contributed by atoms with Crippen LogP contribution < -0.4 is 0 Å². The van der Waals surface area contributed by atoms with Crippen LogP contribution in [0.1, 0.15) is 6.42 Å². The maximum Gasteiger partial charge on any atom is 0.315 e. The largest absolute Gasteiger partial charge is 0.469 e. The molecule has 1 aliphatic rings. The Morgan fingerprint density at radius 3 is 2.77 bits per heavy atom. The van der Waals surface area contributed by atoms with E-state index in [0.717, 1.165) is 0 Å². The van der Waals surface area contributed by atoms with Crippen LogP contribution in [0.25, 0.3) is 0 Å². The van der Waals surface area contributed by atoms with E-state index >= 15 is 0 Å². The molecule has 1 amide bonds. The molecule has 1 rings (SSSR count). The van der Waals surface area contributed by atoms with E-state index in [1.807, 2.05) is 12.2 Å². The van der Waals surface area contributed by atoms with Crippen LogP contribution in [0, 0.1) is 0 Å². The average molecular weight is 181 g/mol. The van der Waals surface area contributed by atoms with Gasteiger partial charge < -0.3 is 9.64 Å². The van der Waals surface area contributed by atoms with E-state index in [1.165, 1.54) is 12.0 Å². The van der Waals surface area contributed by atoms with Crippen LogP contribution in [-0.4, -0.2) is 30.4 Å². The summed E-state index contributed by atoms with van der Waals surface area (Å²) in [7, 11) is 1.27. The summed E-state index contributed by atoms with van der Waals surface area (Å²) in [5, 5.41) is 0. The molecule has 0 aliphatic carbocycles. The van der Waals surface area contributed by atoms with Gasteiger partial charge >= 0.3 is 5.97 Å². The maximum atomic E-state index is 11.3. The predicted octanol–water partition coefficient (Wildman–Crippen LogP) is 0.462. The minimum absolute atomic E-state index is 0.200. The first-order chi connectivity index (χ1) is 6.24. The second kappa shape index (κ2) is 4.45. The molecule has 0 aromatic carbocycles. The Morgan fingerprint density at radius 1 is 1.46 bits per heavy atom. The Labute approximate surface area is 76.5 Å². The number of methoxy groups -OCH3 is 1. The van der Waals surface area contributed by atoms with Crippen molar-refractivity contribution in [2.24, 2.45) is 0 Å². The van der Waals surface area contributed by atoms with Crippen molar-refractivity contribution in [2.75, 3.05) is 13.7 Å². The van der Waals surface area contributed by atoms with Gasteiger partial charge in [0.05, 0.1) is 7.11 Å². The average Bonchev–Trinajstić information content (AvgIpc) is 2.19. The number of nitrogens with zero attached hydrogens (tertiary/aromatic N) is 1. The molecule has 1 heterocycles. The van der Waals surface area contributed by atoms with Gasteiger partial charge in [-0.15, -0.1) is 0 Å². The van der Waals surface area contributed by atoms with Gasteiger partial charge in [-0.3, -0.25) is 9.59 Å². The number of hydrogen-bond donors (Lipinski definition) is 0. The van der Waals surface area contributed by atoms with Gasteiger partial charge in [0.25, 0.3) is 0 Å². The monoisotopic (exact) mass is 181 g/mol. The van der Waals surface area contributed by atoms with E-state index < -0.39 is 5.97 Å². The maximum absolute atomic E-state index is 11.3. The Balaban J connectivity index is 2.44. The molecule has 1 aliphatic heterocycles. The molecule has 0 bridgehead atoms. The molecule has 0 aromatic rings. The highest BCUT2D eigenvalue weighted by Gasteiger charge is 2.15. The topological polar surface area (TPSA) is 46.6 Å². The second-order valence-corrected chi connectivity index (χ2v) is 2.57. The summed E-state index contributed by atoms with van der Waals surface area (Å²) >= 11 is 0. The summed E-state index contributed by atoms with van der Waals surface area (Å²) in [6.45, 7) is 0.520. The fourth-order valence-corrected chi connectivity index (χ4v) is 0.950. The summed E-state index contributed by atoms with van der Waals surface area (Å²) in [5.41, 5.74) is 0. The molecule has 0 aromatic heterocycles. The van der Waals surface area contributed by atoms with Gasteiger partial charge in [0.1, 0.15) is 6.42 Å². The number of carbonyl (C=O) groups excluding carboxylic acids is 2. The molecular weight excluding hydrogens is 170 g/mol. The molecule has 4 nitrogen and oxygen atoms in total. The van der Waals surface area contributed by atoms with Crippen molar-refractivity contribution in [3.8, 4) is 0 Å². The number of carbonyl (C=O) groups is 2. The quantitative estimate of drug-likeness (QED) is 0.459. The second-order valence-electron chi connectivity index (χ2n) is 2.57. The van der Waals surface area contributed by atoms with Gasteiger partial charge in [-0.25, -0.2) is 0 Å². The van der Waals surface area contributed by atoms with E-state index in [0.29, 0.717) is 6.54 Å². The van der Waals surface area contributed by atoms with Crippen LogP contribution in [0.4, 0.5) is 0 Å². The van der Waals surface area contributed by atoms with Gasteiger partial charge in [0, 0.05) is 12.7 Å². The molecule has 0 N–H and O–H groups in total. The number of rotatable bonds is 2. The summed E-state index contributed by atoms with van der Waals surface area (Å²) in [6.07, 6.45) is 6.88. The smallest absolute Gasteiger partial charge is 0.315 e. The molecule has 0 saturated heterocycles. The SMILES string of the molecule is COC(=O)CC(=O)N1C=CC=CC1. The summed E-state index contributed by atoms with van der Waals surface area (Å²) in [5.74, 6) is -0.750. The fraction of sp³-hybridized carbons (Fsp3) is 0.333. The molecule has 0 radical (unpaired) electrons. The lowest BCUT2D eigenvalue weighted by atomic mass is 10.3. The molecule has 70 valence electrons. The van der Waals surface area contributed by atoms with Gasteiger partial charge in [-0.05, 0) is 6.08 Å². The number of ether oxygens (including phenoxy) is 1. The van der Waals surface area contributed by atoms with Crippen molar-refractivity contribution in [3.63, 3.8) is 0 Å². The zero-order valence-corrected chi connectivity index (χ0v) is 7.40. The first kappa shape index (κ1) is 9.51. The molecule has 0 saturated carbocycles. The first-order valence-electron chi connectivity index (χ1n) is 3.93. The van der Waals surface area contributed by atoms with E-state index in [2.05, 4.69) is 4.74 Å². The minimum atomic E-state index is -0.507. The van der Waals surface area contributed by atoms with Crippen LogP contribution in [-0.2, 0) is 14.3 Å². The zero-order chi connectivity index (χ0) is 9.68. The van der Waals surface area contributed by atoms with E-state index in [-0.39, 0.29) is 12.3 Å². The molecule has 0 unspecified atom stereocenters. The van der Waals surface area contributed by atoms with Crippen LogP contribution >= 0.6 is 0 Å². The van der Waals surface area contributed by atoms with Crippen LogP contribution in [0.2, 0.25) is 0 Å². The highest BCUT2D eigenvalue weighted by atomic mass is 16.5. The Kier molecular flexibility index (Phi) is 3.25. The highest BCUT2D eigenvalue weighted by molar-refractivity contribution is 5.94. The molecule has 0 fully saturated rings. The zero-order valence-electron chi connectivity index (χ0n) is 7.40. The van der Waals surface area contributed by atoms with Crippen molar-refractivity contribution in [1.82, 2.24) is 4.90 Å². The van der Waals surface area contributed by atoms with Crippen molar-refractivity contribution >= 4 is 11.9 Å². The summed E-state index contributed by atoms with van der Waals surface area (Å²) in [4.78, 5) is 23.5. The Morgan fingerprint density at radius 2 is 2.23 bits per heavy atom. The number of amides is 1. The van der Waals surface area contributed by atoms with Crippen LogP contribution in [0.5, 0.6) is 0 Å². The molecule has 13 heavy (non-hydrogen) atoms. The van der Waals surface area contributed by atoms with Crippen LogP contribution in [0.3, 0.4) is 0 Å². The lowest BCUT2D eigenvalue weighted by molar-refractivity contribution is -0.145. The third-order valence-electron chi connectivity index (χ3n) is 1.66. The van der Waals surface area contributed by atoms with Gasteiger partial charge in [0.15, 0.2) is 0 Å². The van der Waals surface area contributed by atoms with Crippen LogP contribution in [0.15, 0.2) is 24.4 Å². The summed E-state index contributed by atoms with van der Waals surface area (Å²) in [6, 6.07) is 0. The highest BCUT2D eigenvalue weighted by Crippen LogP contribution is 2.01. The molecular formula is C9H11NO3. The van der Waals surface area contributed by atoms with Gasteiger partial charge in [0.2, 0.25) is 5.91 Å². The Hall–Kier alpha value is -1.58. The number of hydrogen-bond acceptors (Lipinski definition) is 3. The normalized spacial score (nSPS) is 14.4. The minimum Gasteiger partial charge on any atom is -0.469 e. The van der Waals surface area contributed by atoms with Crippen molar-refractivity contribution in [1.29, 1.82) is 0 Å². The van der Waals surface area contributed by atoms with Crippen molar-refractivity contribution in [2.45, 2.75) is 6.42 Å². The lowest BCUT2D eigenvalue weighted by Crippen LogP contribution is -2.29. The molecule has 0 atom stereocenters. The van der Waals surface area contributed by atoms with Gasteiger partial charge in [-0.1, -0.05) is 12.2 Å². The third-order valence-corrected chi connectivity index (χ3v) is 1.66. The van der Waals surface area contributed by atoms with E-state index in [9.17, 15) is 9.59 Å². The molecule has 0 spiro atoms. The fourth-order valence-electron chi connectivity index (χ4n) is 0.950. The Bertz CT molecular complexity index is 268. The van der Waals surface area contributed by atoms with E-state index in [4.69, 9.17) is 0 Å². The lowest BCUT2D eigenvalue weighted by Gasteiger charge is -2.17. The number of allylic oxidation sites excluding steroid dienone is 2. The van der Waals surface area contributed by atoms with Gasteiger partial charge in [-0.2, -0.15) is 0 Å². The molecule has 4 heteroatoms. The summed E-state index contributed by atoms with van der Waals surface area (Å²) < 4.78 is 4.38. The van der Waals surface area contributed by atoms with Crippen molar-refractivity contribution < 1.29 is 14.3 Å². The first-order valence-corrected chi connectivity index (χ1v) is 3.93. The van der Waals surface area contributed by atoms with Crippen molar-refractivity contribution in [3.05, 3.63) is 24.4 Å². The standard InChI is InChI=1S/C9H11NO3/c1-13-9(12)7-8(11)10-5-3-2-4-6-10/h2-5H,6-7H2,1H3. The number of esters is 1. The predicted molar refractivity (Wildman–Crippen MR) is 46.6 cm³/mol. The van der Waals surface area contributed by atoms with E-state index in [1.54, 1.807) is 12.3 Å². The third kappa shape index (κ3) is 2.74.